The highest BCUT2D eigenvalue weighted by Gasteiger charge is 2.23. The van der Waals surface area contributed by atoms with Crippen LogP contribution in [0.5, 0.6) is 11.6 Å². The number of benzene rings is 1. The quantitative estimate of drug-likeness (QED) is 0.414. The molecule has 10 nitrogen and oxygen atoms in total. The van der Waals surface area contributed by atoms with Crippen molar-refractivity contribution < 1.29 is 18.7 Å². The minimum atomic E-state index is -0.495. The number of hydrogen-bond donors (Lipinski definition) is 3. The molecule has 1 amide bonds. The maximum Gasteiger partial charge on any atom is 0.256 e. The van der Waals surface area contributed by atoms with Crippen LogP contribution in [0.2, 0.25) is 0 Å². The highest BCUT2D eigenvalue weighted by atomic mass is 19.1. The van der Waals surface area contributed by atoms with Crippen molar-refractivity contribution in [3.8, 4) is 22.8 Å². The maximum absolute atomic E-state index is 14.0. The number of carbonyl (C=O) groups excluding carboxylic acids is 1. The van der Waals surface area contributed by atoms with Gasteiger partial charge in [-0.25, -0.2) is 14.4 Å². The predicted octanol–water partition coefficient (Wildman–Crippen LogP) is 2.64. The molecule has 0 aliphatic carbocycles. The van der Waals surface area contributed by atoms with E-state index in [1.165, 1.54) is 16.8 Å². The third-order valence-electron chi connectivity index (χ3n) is 5.51. The number of carbonyl (C=O) groups is 1. The lowest BCUT2D eigenvalue weighted by Gasteiger charge is -2.18. The van der Waals surface area contributed by atoms with E-state index in [4.69, 9.17) is 15.2 Å². The molecule has 3 aromatic heterocycles. The Labute approximate surface area is 193 Å². The molecule has 0 saturated heterocycles. The molecular weight excluding hydrogens is 441 g/mol. The van der Waals surface area contributed by atoms with Crippen LogP contribution in [0.15, 0.2) is 42.7 Å². The van der Waals surface area contributed by atoms with Crippen molar-refractivity contribution in [3.63, 3.8) is 0 Å². The summed E-state index contributed by atoms with van der Waals surface area (Å²) >= 11 is 0. The molecule has 0 radical (unpaired) electrons. The number of halogens is 1. The second-order valence-corrected chi connectivity index (χ2v) is 7.85. The Morgan fingerprint density at radius 1 is 1.24 bits per heavy atom. The first-order valence-electron chi connectivity index (χ1n) is 10.6. The largest absolute Gasteiger partial charge is 0.497 e. The van der Waals surface area contributed by atoms with Crippen molar-refractivity contribution in [1.82, 2.24) is 24.9 Å². The number of aromatic nitrogens is 4. The monoisotopic (exact) mass is 463 g/mol. The zero-order chi connectivity index (χ0) is 23.8. The molecule has 1 aliphatic rings. The number of methoxy groups -OCH3 is 1. The van der Waals surface area contributed by atoms with Gasteiger partial charge in [0.1, 0.15) is 34.9 Å². The fourth-order valence-electron chi connectivity index (χ4n) is 3.79. The number of nitrogens with one attached hydrogen (secondary N) is 2. The van der Waals surface area contributed by atoms with Gasteiger partial charge in [-0.15, -0.1) is 0 Å². The minimum absolute atomic E-state index is 0.156. The van der Waals surface area contributed by atoms with E-state index < -0.39 is 11.9 Å². The molecule has 5 rings (SSSR count). The summed E-state index contributed by atoms with van der Waals surface area (Å²) in [6.45, 7) is 2.14. The van der Waals surface area contributed by atoms with Gasteiger partial charge in [-0.05, 0) is 30.7 Å². The smallest absolute Gasteiger partial charge is 0.256 e. The Bertz CT molecular complexity index is 1390. The Hall–Kier alpha value is -4.41. The number of nitrogens with two attached hydrogens (primary N) is 1. The highest BCUT2D eigenvalue weighted by Crippen LogP contribution is 2.35. The van der Waals surface area contributed by atoms with E-state index >= 15 is 0 Å². The summed E-state index contributed by atoms with van der Waals surface area (Å²) in [7, 11) is 1.58. The van der Waals surface area contributed by atoms with Gasteiger partial charge in [-0.1, -0.05) is 12.1 Å². The third kappa shape index (κ3) is 3.81. The van der Waals surface area contributed by atoms with Crippen molar-refractivity contribution in [2.45, 2.75) is 19.6 Å². The number of fused-ring (bicyclic) bond motifs is 2. The van der Waals surface area contributed by atoms with E-state index in [1.807, 2.05) is 12.1 Å². The summed E-state index contributed by atoms with van der Waals surface area (Å²) in [5, 5.41) is 10.3. The van der Waals surface area contributed by atoms with Crippen molar-refractivity contribution in [1.29, 1.82) is 0 Å². The molecule has 34 heavy (non-hydrogen) atoms. The Kier molecular flexibility index (Phi) is 5.36. The van der Waals surface area contributed by atoms with Gasteiger partial charge in [0.25, 0.3) is 5.91 Å². The zero-order valence-corrected chi connectivity index (χ0v) is 18.5. The van der Waals surface area contributed by atoms with Gasteiger partial charge in [-0.2, -0.15) is 9.61 Å². The van der Waals surface area contributed by atoms with Gasteiger partial charge in [0.15, 0.2) is 5.65 Å². The molecule has 4 aromatic rings. The fraction of sp³-hybridized carbons (Fsp3) is 0.217. The third-order valence-corrected chi connectivity index (χ3v) is 5.51. The van der Waals surface area contributed by atoms with Gasteiger partial charge in [0, 0.05) is 12.1 Å². The standard InChI is InChI=1S/C23H22FN7O3/c1-12-8-27-22(32)17-11-29-31-19(25)18(13-3-5-16(33-2)6-4-13)20(30-21(17)31)26-9-14-7-15(24)10-28-23(14)34-12/h3-7,10-12H,8-9,25H2,1-2H3,(H,26,30)(H,27,32). The van der Waals surface area contributed by atoms with Crippen LogP contribution < -0.4 is 25.8 Å². The molecule has 1 atom stereocenters. The summed E-state index contributed by atoms with van der Waals surface area (Å²) in [4.78, 5) is 21.6. The summed E-state index contributed by atoms with van der Waals surface area (Å²) in [6.07, 6.45) is 2.10. The molecule has 1 aliphatic heterocycles. The van der Waals surface area contributed by atoms with Crippen LogP contribution >= 0.6 is 0 Å². The van der Waals surface area contributed by atoms with Crippen molar-refractivity contribution >= 4 is 23.2 Å². The van der Waals surface area contributed by atoms with Crippen LogP contribution in [-0.2, 0) is 6.54 Å². The molecular formula is C23H22FN7O3. The molecule has 11 heteroatoms. The number of hydrogen-bond acceptors (Lipinski definition) is 8. The Balaban J connectivity index is 1.69. The van der Waals surface area contributed by atoms with E-state index in [1.54, 1.807) is 26.2 Å². The van der Waals surface area contributed by atoms with Crippen LogP contribution in [0, 0.1) is 5.82 Å². The molecule has 0 spiro atoms. The molecule has 0 saturated carbocycles. The zero-order valence-electron chi connectivity index (χ0n) is 18.5. The number of rotatable bonds is 2. The normalized spacial score (nSPS) is 15.9. The number of pyridine rings is 1. The van der Waals surface area contributed by atoms with Crippen LogP contribution in [-0.4, -0.2) is 45.2 Å². The van der Waals surface area contributed by atoms with Crippen LogP contribution in [0.4, 0.5) is 16.0 Å². The summed E-state index contributed by atoms with van der Waals surface area (Å²) in [5.41, 5.74) is 8.90. The van der Waals surface area contributed by atoms with E-state index in [9.17, 15) is 9.18 Å². The van der Waals surface area contributed by atoms with Gasteiger partial charge in [0.2, 0.25) is 5.88 Å². The topological polar surface area (TPSA) is 129 Å². The van der Waals surface area contributed by atoms with Gasteiger partial charge >= 0.3 is 0 Å². The average Bonchev–Trinajstić information content (AvgIpc) is 3.27. The highest BCUT2D eigenvalue weighted by molar-refractivity contribution is 6.01. The first-order chi connectivity index (χ1) is 16.4. The average molecular weight is 463 g/mol. The number of anilines is 2. The van der Waals surface area contributed by atoms with E-state index in [0.29, 0.717) is 28.3 Å². The molecule has 2 bridgehead atoms. The lowest BCUT2D eigenvalue weighted by Crippen LogP contribution is -2.33. The van der Waals surface area contributed by atoms with E-state index in [2.05, 4.69) is 25.7 Å². The molecule has 4 heterocycles. The van der Waals surface area contributed by atoms with Gasteiger partial charge in [0.05, 0.1) is 31.6 Å². The number of amides is 1. The lowest BCUT2D eigenvalue weighted by atomic mass is 10.1. The van der Waals surface area contributed by atoms with Gasteiger partial charge in [-0.3, -0.25) is 4.79 Å². The number of ether oxygens (including phenoxy) is 2. The van der Waals surface area contributed by atoms with Crippen molar-refractivity contribution in [2.24, 2.45) is 0 Å². The Morgan fingerprint density at radius 2 is 2.03 bits per heavy atom. The van der Waals surface area contributed by atoms with Crippen LogP contribution in [0.3, 0.4) is 0 Å². The fourth-order valence-corrected chi connectivity index (χ4v) is 3.79. The Morgan fingerprint density at radius 3 is 2.79 bits per heavy atom. The second kappa shape index (κ2) is 8.50. The van der Waals surface area contributed by atoms with Crippen molar-refractivity contribution in [3.05, 3.63) is 59.7 Å². The number of nitrogens with zero attached hydrogens (tertiary/aromatic N) is 4. The van der Waals surface area contributed by atoms with Gasteiger partial charge < -0.3 is 25.8 Å². The lowest BCUT2D eigenvalue weighted by molar-refractivity contribution is 0.0932. The van der Waals surface area contributed by atoms with E-state index in [0.717, 1.165) is 11.8 Å². The van der Waals surface area contributed by atoms with Crippen LogP contribution in [0.25, 0.3) is 16.8 Å². The maximum atomic E-state index is 14.0. The second-order valence-electron chi connectivity index (χ2n) is 7.85. The molecule has 4 N–H and O–H groups in total. The van der Waals surface area contributed by atoms with E-state index in [-0.39, 0.29) is 36.3 Å². The number of nitrogen functional groups attached to an aromatic ring is 1. The SMILES string of the molecule is COc1ccc(-c2c3nc4c(cnn4c2N)C(=O)NCC(C)Oc2ncc(F)cc2CN3)cc1. The predicted molar refractivity (Wildman–Crippen MR) is 123 cm³/mol. The first-order valence-corrected chi connectivity index (χ1v) is 10.6. The summed E-state index contributed by atoms with van der Waals surface area (Å²) in [6, 6.07) is 8.64. The molecule has 1 aromatic carbocycles. The molecule has 1 unspecified atom stereocenters. The molecule has 174 valence electrons. The summed E-state index contributed by atoms with van der Waals surface area (Å²) in [5.74, 6) is 0.765. The van der Waals surface area contributed by atoms with Crippen LogP contribution in [0.1, 0.15) is 22.8 Å². The minimum Gasteiger partial charge on any atom is -0.497 e. The van der Waals surface area contributed by atoms with Crippen molar-refractivity contribution in [2.75, 3.05) is 24.7 Å². The summed E-state index contributed by atoms with van der Waals surface area (Å²) < 4.78 is 26.6. The molecule has 0 fully saturated rings. The first kappa shape index (κ1) is 21.4.